The highest BCUT2D eigenvalue weighted by molar-refractivity contribution is 9.10. The van der Waals surface area contributed by atoms with Crippen molar-refractivity contribution in [3.05, 3.63) is 57.5 Å². The second-order valence-electron chi connectivity index (χ2n) is 6.42. The fraction of sp³-hybridized carbons (Fsp3) is 0.316. The molecule has 1 heterocycles. The van der Waals surface area contributed by atoms with Crippen molar-refractivity contribution in [1.82, 2.24) is 4.31 Å². The van der Waals surface area contributed by atoms with Gasteiger partial charge < -0.3 is 5.32 Å². The Labute approximate surface area is 172 Å². The van der Waals surface area contributed by atoms with Gasteiger partial charge in [-0.3, -0.25) is 4.79 Å². The Morgan fingerprint density at radius 2 is 1.74 bits per heavy atom. The van der Waals surface area contributed by atoms with Gasteiger partial charge in [-0.15, -0.1) is 0 Å². The van der Waals surface area contributed by atoms with Crippen LogP contribution in [0.2, 0.25) is 5.02 Å². The topological polar surface area (TPSA) is 66.5 Å². The van der Waals surface area contributed by atoms with Crippen LogP contribution in [-0.2, 0) is 10.0 Å². The van der Waals surface area contributed by atoms with Gasteiger partial charge in [-0.2, -0.15) is 4.31 Å². The molecule has 0 saturated carbocycles. The summed E-state index contributed by atoms with van der Waals surface area (Å²) in [6.07, 6.45) is 3.77. The molecule has 2 aromatic rings. The smallest absolute Gasteiger partial charge is 0.257 e. The molecule has 3 rings (SSSR count). The monoisotopic (exact) mass is 470 g/mol. The molecular formula is C19H20BrClN2O3S. The van der Waals surface area contributed by atoms with E-state index < -0.39 is 15.9 Å². The summed E-state index contributed by atoms with van der Waals surface area (Å²) in [5, 5.41) is 2.95. The zero-order valence-corrected chi connectivity index (χ0v) is 17.8. The molecule has 5 nitrogen and oxygen atoms in total. The van der Waals surface area contributed by atoms with E-state index in [1.807, 2.05) is 6.07 Å². The first kappa shape index (κ1) is 20.3. The van der Waals surface area contributed by atoms with Crippen LogP contribution in [0.15, 0.2) is 51.8 Å². The third kappa shape index (κ3) is 4.90. The van der Waals surface area contributed by atoms with E-state index in [0.29, 0.717) is 18.8 Å². The number of carbonyl (C=O) groups is 1. The normalized spacial score (nSPS) is 15.9. The minimum absolute atomic E-state index is 0.0909. The molecule has 0 aliphatic carbocycles. The molecule has 0 aromatic heterocycles. The number of carbonyl (C=O) groups excluding carboxylic acids is 1. The molecule has 1 saturated heterocycles. The lowest BCUT2D eigenvalue weighted by molar-refractivity contribution is 0.102. The summed E-state index contributed by atoms with van der Waals surface area (Å²) >= 11 is 9.52. The molecule has 8 heteroatoms. The van der Waals surface area contributed by atoms with Crippen molar-refractivity contribution in [3.63, 3.8) is 0 Å². The fourth-order valence-electron chi connectivity index (χ4n) is 3.03. The number of nitrogens with one attached hydrogen (secondary N) is 1. The van der Waals surface area contributed by atoms with Crippen molar-refractivity contribution in [1.29, 1.82) is 0 Å². The van der Waals surface area contributed by atoms with Gasteiger partial charge in [0, 0.05) is 23.2 Å². The molecule has 0 unspecified atom stereocenters. The first-order valence-electron chi connectivity index (χ1n) is 8.74. The standard InChI is InChI=1S/C19H20BrClN2O3S/c20-14-6-5-7-15(12-14)22-19(24)17-13-16(8-9-18(17)21)27(25,26)23-10-3-1-2-4-11-23/h5-9,12-13H,1-4,10-11H2,(H,22,24). The van der Waals surface area contributed by atoms with Gasteiger partial charge in [0.1, 0.15) is 0 Å². The highest BCUT2D eigenvalue weighted by Crippen LogP contribution is 2.26. The number of hydrogen-bond donors (Lipinski definition) is 1. The summed E-state index contributed by atoms with van der Waals surface area (Å²) in [7, 11) is -3.65. The lowest BCUT2D eigenvalue weighted by Gasteiger charge is -2.20. The Hall–Kier alpha value is -1.41. The maximum absolute atomic E-state index is 13.0. The van der Waals surface area contributed by atoms with Crippen LogP contribution in [0.25, 0.3) is 0 Å². The SMILES string of the molecule is O=C(Nc1cccc(Br)c1)c1cc(S(=O)(=O)N2CCCCCC2)ccc1Cl. The maximum Gasteiger partial charge on any atom is 0.257 e. The Kier molecular flexibility index (Phi) is 6.57. The molecule has 1 amide bonds. The van der Waals surface area contributed by atoms with Gasteiger partial charge in [-0.05, 0) is 49.2 Å². The number of sulfonamides is 1. The lowest BCUT2D eigenvalue weighted by atomic mass is 10.2. The molecule has 0 bridgehead atoms. The van der Waals surface area contributed by atoms with Crippen LogP contribution in [0.4, 0.5) is 5.69 Å². The van der Waals surface area contributed by atoms with E-state index in [1.54, 1.807) is 18.2 Å². The predicted octanol–water partition coefficient (Wildman–Crippen LogP) is 4.92. The van der Waals surface area contributed by atoms with Gasteiger partial charge in [-0.1, -0.05) is 46.4 Å². The number of benzene rings is 2. The van der Waals surface area contributed by atoms with Crippen LogP contribution in [0.5, 0.6) is 0 Å². The number of rotatable bonds is 4. The fourth-order valence-corrected chi connectivity index (χ4v) is 5.18. The minimum atomic E-state index is -3.65. The van der Waals surface area contributed by atoms with Crippen molar-refractivity contribution in [2.75, 3.05) is 18.4 Å². The van der Waals surface area contributed by atoms with Gasteiger partial charge in [-0.25, -0.2) is 8.42 Å². The number of anilines is 1. The number of hydrogen-bond acceptors (Lipinski definition) is 3. The van der Waals surface area contributed by atoms with Gasteiger partial charge in [0.25, 0.3) is 5.91 Å². The van der Waals surface area contributed by atoms with Gasteiger partial charge in [0.2, 0.25) is 10.0 Å². The van der Waals surface area contributed by atoms with Crippen LogP contribution < -0.4 is 5.32 Å². The van der Waals surface area contributed by atoms with Gasteiger partial charge >= 0.3 is 0 Å². The van der Waals surface area contributed by atoms with E-state index in [2.05, 4.69) is 21.2 Å². The maximum atomic E-state index is 13.0. The van der Waals surface area contributed by atoms with Gasteiger partial charge in [0.15, 0.2) is 0 Å². The number of nitrogens with zero attached hydrogens (tertiary/aromatic N) is 1. The van der Waals surface area contributed by atoms with E-state index in [0.717, 1.165) is 30.2 Å². The summed E-state index contributed by atoms with van der Waals surface area (Å²) in [6.45, 7) is 1.01. The molecule has 0 radical (unpaired) electrons. The van der Waals surface area contributed by atoms with Crippen molar-refractivity contribution >= 4 is 49.1 Å². The summed E-state index contributed by atoms with van der Waals surface area (Å²) in [6, 6.07) is 11.4. The minimum Gasteiger partial charge on any atom is -0.322 e. The summed E-state index contributed by atoms with van der Waals surface area (Å²) < 4.78 is 28.3. The zero-order chi connectivity index (χ0) is 19.4. The largest absolute Gasteiger partial charge is 0.322 e. The van der Waals surface area contributed by atoms with Crippen LogP contribution >= 0.6 is 27.5 Å². The van der Waals surface area contributed by atoms with Crippen LogP contribution in [0, 0.1) is 0 Å². The molecule has 0 spiro atoms. The summed E-state index contributed by atoms with van der Waals surface area (Å²) in [5.74, 6) is -0.453. The molecule has 27 heavy (non-hydrogen) atoms. The number of halogens is 2. The van der Waals surface area contributed by atoms with Crippen molar-refractivity contribution < 1.29 is 13.2 Å². The average molecular weight is 472 g/mol. The third-order valence-corrected chi connectivity index (χ3v) is 7.19. The quantitative estimate of drug-likeness (QED) is 0.688. The first-order chi connectivity index (χ1) is 12.9. The van der Waals surface area contributed by atoms with Crippen molar-refractivity contribution in [2.24, 2.45) is 0 Å². The molecule has 1 aliphatic heterocycles. The van der Waals surface area contributed by atoms with E-state index in [-0.39, 0.29) is 15.5 Å². The van der Waals surface area contributed by atoms with Gasteiger partial charge in [0.05, 0.1) is 15.5 Å². The summed E-state index contributed by atoms with van der Waals surface area (Å²) in [5.41, 5.74) is 0.721. The number of amides is 1. The predicted molar refractivity (Wildman–Crippen MR) is 111 cm³/mol. The third-order valence-electron chi connectivity index (χ3n) is 4.47. The van der Waals surface area contributed by atoms with E-state index in [4.69, 9.17) is 11.6 Å². The van der Waals surface area contributed by atoms with E-state index in [1.165, 1.54) is 22.5 Å². The lowest BCUT2D eigenvalue weighted by Crippen LogP contribution is -2.32. The molecule has 1 aliphatic rings. The second kappa shape index (κ2) is 8.73. The van der Waals surface area contributed by atoms with E-state index >= 15 is 0 Å². The van der Waals surface area contributed by atoms with Crippen LogP contribution in [-0.4, -0.2) is 31.7 Å². The molecule has 144 valence electrons. The Balaban J connectivity index is 1.88. The van der Waals surface area contributed by atoms with E-state index in [9.17, 15) is 13.2 Å². The van der Waals surface area contributed by atoms with Crippen LogP contribution in [0.1, 0.15) is 36.0 Å². The first-order valence-corrected chi connectivity index (χ1v) is 11.4. The van der Waals surface area contributed by atoms with Crippen molar-refractivity contribution in [2.45, 2.75) is 30.6 Å². The van der Waals surface area contributed by atoms with Crippen LogP contribution in [0.3, 0.4) is 0 Å². The highest BCUT2D eigenvalue weighted by Gasteiger charge is 2.26. The Morgan fingerprint density at radius 1 is 1.04 bits per heavy atom. The molecule has 1 fully saturated rings. The second-order valence-corrected chi connectivity index (χ2v) is 9.69. The molecular weight excluding hydrogens is 452 g/mol. The molecule has 1 N–H and O–H groups in total. The molecule has 0 atom stereocenters. The summed E-state index contributed by atoms with van der Waals surface area (Å²) in [4.78, 5) is 12.7. The zero-order valence-electron chi connectivity index (χ0n) is 14.6. The molecule has 2 aromatic carbocycles. The highest BCUT2D eigenvalue weighted by atomic mass is 79.9. The Morgan fingerprint density at radius 3 is 2.41 bits per heavy atom. The van der Waals surface area contributed by atoms with Crippen molar-refractivity contribution in [3.8, 4) is 0 Å². The average Bonchev–Trinajstić information content (AvgIpc) is 2.92. The Bertz CT molecular complexity index is 942.